The van der Waals surface area contributed by atoms with E-state index in [2.05, 4.69) is 11.9 Å². The van der Waals surface area contributed by atoms with Crippen LogP contribution in [0.25, 0.3) is 0 Å². The lowest BCUT2D eigenvalue weighted by molar-refractivity contribution is 0.0259. The van der Waals surface area contributed by atoms with Crippen LogP contribution in [0.2, 0.25) is 0 Å². The van der Waals surface area contributed by atoms with Crippen molar-refractivity contribution in [3.63, 3.8) is 0 Å². The van der Waals surface area contributed by atoms with Gasteiger partial charge in [0.25, 0.3) is 0 Å². The van der Waals surface area contributed by atoms with Gasteiger partial charge in [-0.3, -0.25) is 0 Å². The van der Waals surface area contributed by atoms with Gasteiger partial charge in [-0.05, 0) is 40.8 Å². The van der Waals surface area contributed by atoms with Crippen LogP contribution in [0.4, 0.5) is 4.79 Å². The number of nitrogens with zero attached hydrogens (tertiary/aromatic N) is 2. The summed E-state index contributed by atoms with van der Waals surface area (Å²) in [5, 5.41) is 0.194. The summed E-state index contributed by atoms with van der Waals surface area (Å²) in [6, 6.07) is 0. The monoisotopic (exact) mass is 298 g/mol. The average Bonchev–Trinajstić information content (AvgIpc) is 2.41. The number of rotatable bonds is 0. The lowest BCUT2D eigenvalue weighted by atomic mass is 10.2. The first-order chi connectivity index (χ1) is 8.30. The van der Waals surface area contributed by atoms with Crippen LogP contribution in [0.15, 0.2) is 0 Å². The van der Waals surface area contributed by atoms with Crippen LogP contribution in [0.1, 0.15) is 27.2 Å². The van der Waals surface area contributed by atoms with E-state index in [-0.39, 0.29) is 11.4 Å². The fourth-order valence-electron chi connectivity index (χ4n) is 1.56. The van der Waals surface area contributed by atoms with E-state index in [4.69, 9.17) is 27.9 Å². The molecule has 0 N–H and O–H groups in total. The molecule has 1 rings (SSSR count). The Morgan fingerprint density at radius 2 is 1.72 bits per heavy atom. The predicted molar refractivity (Wildman–Crippen MR) is 76.5 cm³/mol. The minimum absolute atomic E-state index is 0.183. The maximum atomic E-state index is 11.8. The number of halogens is 2. The summed E-state index contributed by atoms with van der Waals surface area (Å²) in [7, 11) is 2.08. The third kappa shape index (κ3) is 8.84. The van der Waals surface area contributed by atoms with Gasteiger partial charge in [-0.2, -0.15) is 0 Å². The Kier molecular flexibility index (Phi) is 8.74. The first-order valence-corrected chi connectivity index (χ1v) is 7.15. The number of likely N-dealkylation sites (N-methyl/N-ethyl adjacent to an activating group) is 1. The fraction of sp³-hybridized carbons (Fsp3) is 0.917. The summed E-state index contributed by atoms with van der Waals surface area (Å²) in [6.45, 7) is 9.25. The van der Waals surface area contributed by atoms with Gasteiger partial charge in [-0.15, -0.1) is 23.2 Å². The van der Waals surface area contributed by atoms with Crippen LogP contribution in [0, 0.1) is 0 Å². The van der Waals surface area contributed by atoms with E-state index in [1.165, 1.54) is 0 Å². The van der Waals surface area contributed by atoms with Crippen LogP contribution in [0.3, 0.4) is 0 Å². The van der Waals surface area contributed by atoms with Crippen LogP contribution in [-0.2, 0) is 4.74 Å². The van der Waals surface area contributed by atoms with E-state index in [1.807, 2.05) is 20.8 Å². The van der Waals surface area contributed by atoms with Gasteiger partial charge in [0.2, 0.25) is 0 Å². The second-order valence-electron chi connectivity index (χ2n) is 5.23. The zero-order valence-electron chi connectivity index (χ0n) is 11.7. The second kappa shape index (κ2) is 8.83. The minimum Gasteiger partial charge on any atom is -0.444 e. The smallest absolute Gasteiger partial charge is 0.410 e. The Bertz CT molecular complexity index is 245. The summed E-state index contributed by atoms with van der Waals surface area (Å²) in [4.78, 5) is 15.8. The highest BCUT2D eigenvalue weighted by molar-refractivity contribution is 6.40. The molecule has 1 aliphatic rings. The SMILES string of the molecule is CN1CCCN(C(=O)OC(C)(C)C)CC1.ClCCl. The Labute approximate surface area is 120 Å². The molecule has 0 spiro atoms. The number of hydrogen-bond acceptors (Lipinski definition) is 3. The van der Waals surface area contributed by atoms with E-state index >= 15 is 0 Å². The van der Waals surface area contributed by atoms with E-state index in [9.17, 15) is 4.79 Å². The van der Waals surface area contributed by atoms with Crippen molar-refractivity contribution >= 4 is 29.3 Å². The van der Waals surface area contributed by atoms with Crippen molar-refractivity contribution in [3.05, 3.63) is 0 Å². The quantitative estimate of drug-likeness (QED) is 0.645. The number of carbonyl (C=O) groups is 1. The van der Waals surface area contributed by atoms with Gasteiger partial charge in [-0.25, -0.2) is 4.79 Å². The van der Waals surface area contributed by atoms with Crippen molar-refractivity contribution in [2.75, 3.05) is 38.6 Å². The van der Waals surface area contributed by atoms with Gasteiger partial charge in [0.1, 0.15) is 5.60 Å². The van der Waals surface area contributed by atoms with Gasteiger partial charge in [0, 0.05) is 19.6 Å². The van der Waals surface area contributed by atoms with Crippen molar-refractivity contribution in [1.29, 1.82) is 0 Å². The highest BCUT2D eigenvalue weighted by atomic mass is 35.5. The molecule has 18 heavy (non-hydrogen) atoms. The van der Waals surface area contributed by atoms with Crippen molar-refractivity contribution in [3.8, 4) is 0 Å². The molecule has 1 fully saturated rings. The van der Waals surface area contributed by atoms with Crippen LogP contribution in [-0.4, -0.2) is 60.1 Å². The first-order valence-electron chi connectivity index (χ1n) is 6.08. The fourth-order valence-corrected chi connectivity index (χ4v) is 1.56. The Morgan fingerprint density at radius 1 is 1.17 bits per heavy atom. The summed E-state index contributed by atoms with van der Waals surface area (Å²) < 4.78 is 5.34. The van der Waals surface area contributed by atoms with Gasteiger partial charge >= 0.3 is 6.09 Å². The maximum absolute atomic E-state index is 11.8. The zero-order valence-corrected chi connectivity index (χ0v) is 13.2. The Balaban J connectivity index is 0.000000873. The van der Waals surface area contributed by atoms with Gasteiger partial charge in [0.15, 0.2) is 0 Å². The molecule has 108 valence electrons. The third-order valence-corrected chi connectivity index (χ3v) is 2.37. The molecule has 4 nitrogen and oxygen atoms in total. The lowest BCUT2D eigenvalue weighted by Gasteiger charge is -2.26. The molecule has 1 saturated heterocycles. The van der Waals surface area contributed by atoms with Gasteiger partial charge in [-0.1, -0.05) is 0 Å². The van der Waals surface area contributed by atoms with E-state index < -0.39 is 5.60 Å². The van der Waals surface area contributed by atoms with Crippen LogP contribution < -0.4 is 0 Å². The molecular formula is C12H24Cl2N2O2. The highest BCUT2D eigenvalue weighted by Gasteiger charge is 2.23. The molecule has 0 aromatic carbocycles. The van der Waals surface area contributed by atoms with E-state index in [0.29, 0.717) is 0 Å². The largest absolute Gasteiger partial charge is 0.444 e. The summed E-state index contributed by atoms with van der Waals surface area (Å²) >= 11 is 9.53. The van der Waals surface area contributed by atoms with Gasteiger partial charge in [0.05, 0.1) is 5.34 Å². The highest BCUT2D eigenvalue weighted by Crippen LogP contribution is 2.11. The molecule has 0 aromatic heterocycles. The summed E-state index contributed by atoms with van der Waals surface area (Å²) in [6.07, 6.45) is 0.841. The molecular weight excluding hydrogens is 275 g/mol. The van der Waals surface area contributed by atoms with Gasteiger partial charge < -0.3 is 14.5 Å². The molecule has 0 bridgehead atoms. The molecule has 0 aromatic rings. The molecule has 0 unspecified atom stereocenters. The first kappa shape index (κ1) is 17.8. The lowest BCUT2D eigenvalue weighted by Crippen LogP contribution is -2.38. The molecule has 0 atom stereocenters. The third-order valence-electron chi connectivity index (χ3n) is 2.37. The molecule has 1 amide bonds. The molecule has 0 aliphatic carbocycles. The van der Waals surface area contributed by atoms with Crippen molar-refractivity contribution in [1.82, 2.24) is 9.80 Å². The van der Waals surface area contributed by atoms with E-state index in [0.717, 1.165) is 32.6 Å². The number of amides is 1. The standard InChI is InChI=1S/C11H22N2O2.CH2Cl2/c1-11(2,3)15-10(14)13-7-5-6-12(4)8-9-13;2-1-3/h5-9H2,1-4H3;1H2. The Morgan fingerprint density at radius 3 is 2.22 bits per heavy atom. The Hall–Kier alpha value is -0.190. The molecule has 0 saturated carbocycles. The second-order valence-corrected chi connectivity index (χ2v) is 6.03. The maximum Gasteiger partial charge on any atom is 0.410 e. The van der Waals surface area contributed by atoms with Crippen LogP contribution >= 0.6 is 23.2 Å². The zero-order chi connectivity index (χ0) is 14.2. The molecule has 1 heterocycles. The number of hydrogen-bond donors (Lipinski definition) is 0. The number of ether oxygens (including phenoxy) is 1. The number of alkyl halides is 2. The predicted octanol–water partition coefficient (Wildman–Crippen LogP) is 2.98. The summed E-state index contributed by atoms with van der Waals surface area (Å²) in [5.74, 6) is 0. The molecule has 1 aliphatic heterocycles. The molecule has 0 radical (unpaired) electrons. The molecule has 6 heteroatoms. The topological polar surface area (TPSA) is 32.8 Å². The van der Waals surface area contributed by atoms with E-state index in [1.54, 1.807) is 4.90 Å². The number of carbonyl (C=O) groups excluding carboxylic acids is 1. The minimum atomic E-state index is -0.394. The van der Waals surface area contributed by atoms with Crippen molar-refractivity contribution in [2.45, 2.75) is 32.8 Å². The summed E-state index contributed by atoms with van der Waals surface area (Å²) in [5.41, 5.74) is -0.394. The van der Waals surface area contributed by atoms with Crippen LogP contribution in [0.5, 0.6) is 0 Å². The average molecular weight is 299 g/mol. The van der Waals surface area contributed by atoms with Crippen molar-refractivity contribution in [2.24, 2.45) is 0 Å². The normalized spacial score (nSPS) is 17.6. The van der Waals surface area contributed by atoms with Crippen molar-refractivity contribution < 1.29 is 9.53 Å².